The molecular formula is C20H24N2O2. The first kappa shape index (κ1) is 17.7. The second kappa shape index (κ2) is 8.29. The summed E-state index contributed by atoms with van der Waals surface area (Å²) in [6, 6.07) is 17.4. The summed E-state index contributed by atoms with van der Waals surface area (Å²) in [5.41, 5.74) is 2.70. The Morgan fingerprint density at radius 3 is 2.04 bits per heavy atom. The van der Waals surface area contributed by atoms with Gasteiger partial charge in [0.25, 0.3) is 5.91 Å². The third kappa shape index (κ3) is 4.95. The molecule has 0 saturated heterocycles. The standard InChI is InChI=1S/C20H24N2O2/c1-14(2)15(3)22-19(23)13-21-20(24)18-11-9-17(10-12-18)16-7-5-4-6-8-16/h4-12,14-15H,13H2,1-3H3,(H,21,24)(H,22,23). The van der Waals surface area contributed by atoms with Gasteiger partial charge in [-0.15, -0.1) is 0 Å². The number of carbonyl (C=O) groups excluding carboxylic acids is 2. The highest BCUT2D eigenvalue weighted by Gasteiger charge is 2.12. The van der Waals surface area contributed by atoms with Gasteiger partial charge in [0.2, 0.25) is 5.91 Å². The number of hydrogen-bond acceptors (Lipinski definition) is 2. The maximum Gasteiger partial charge on any atom is 0.251 e. The zero-order valence-electron chi connectivity index (χ0n) is 14.4. The fourth-order valence-electron chi connectivity index (χ4n) is 2.18. The van der Waals surface area contributed by atoms with E-state index in [9.17, 15) is 9.59 Å². The van der Waals surface area contributed by atoms with E-state index in [1.54, 1.807) is 12.1 Å². The van der Waals surface area contributed by atoms with Crippen molar-refractivity contribution < 1.29 is 9.59 Å². The summed E-state index contributed by atoms with van der Waals surface area (Å²) in [5, 5.41) is 5.51. The van der Waals surface area contributed by atoms with Crippen LogP contribution in [0.25, 0.3) is 11.1 Å². The summed E-state index contributed by atoms with van der Waals surface area (Å²) in [6.45, 7) is 6.01. The van der Waals surface area contributed by atoms with Gasteiger partial charge in [0, 0.05) is 11.6 Å². The van der Waals surface area contributed by atoms with Crippen molar-refractivity contribution in [3.8, 4) is 11.1 Å². The Morgan fingerprint density at radius 2 is 1.46 bits per heavy atom. The first-order valence-electron chi connectivity index (χ1n) is 8.20. The Kier molecular flexibility index (Phi) is 6.13. The molecule has 0 bridgehead atoms. The monoisotopic (exact) mass is 324 g/mol. The summed E-state index contributed by atoms with van der Waals surface area (Å²) in [6.07, 6.45) is 0. The van der Waals surface area contributed by atoms with Gasteiger partial charge in [-0.25, -0.2) is 0 Å². The first-order valence-corrected chi connectivity index (χ1v) is 8.20. The van der Waals surface area contributed by atoms with Crippen molar-refractivity contribution >= 4 is 11.8 Å². The quantitative estimate of drug-likeness (QED) is 0.857. The molecule has 2 aromatic carbocycles. The molecule has 2 amide bonds. The molecule has 4 nitrogen and oxygen atoms in total. The van der Waals surface area contributed by atoms with Crippen molar-refractivity contribution in [2.75, 3.05) is 6.54 Å². The number of carbonyl (C=O) groups is 2. The molecule has 2 rings (SSSR count). The number of amides is 2. The molecule has 2 aromatic rings. The van der Waals surface area contributed by atoms with Crippen LogP contribution >= 0.6 is 0 Å². The van der Waals surface area contributed by atoms with Crippen molar-refractivity contribution in [1.82, 2.24) is 10.6 Å². The molecule has 0 aliphatic carbocycles. The van der Waals surface area contributed by atoms with E-state index in [1.807, 2.05) is 63.2 Å². The van der Waals surface area contributed by atoms with Crippen molar-refractivity contribution in [1.29, 1.82) is 0 Å². The molecule has 0 fully saturated rings. The van der Waals surface area contributed by atoms with Gasteiger partial charge in [-0.3, -0.25) is 9.59 Å². The Balaban J connectivity index is 1.90. The average molecular weight is 324 g/mol. The van der Waals surface area contributed by atoms with Crippen LogP contribution in [-0.2, 0) is 4.79 Å². The van der Waals surface area contributed by atoms with Gasteiger partial charge in [-0.2, -0.15) is 0 Å². The van der Waals surface area contributed by atoms with Crippen LogP contribution in [0, 0.1) is 5.92 Å². The predicted octanol–water partition coefficient (Wildman–Crippen LogP) is 3.24. The van der Waals surface area contributed by atoms with Gasteiger partial charge >= 0.3 is 0 Å². The van der Waals surface area contributed by atoms with Gasteiger partial charge < -0.3 is 10.6 Å². The molecule has 0 aromatic heterocycles. The molecule has 24 heavy (non-hydrogen) atoms. The highest BCUT2D eigenvalue weighted by molar-refractivity contribution is 5.96. The normalized spacial score (nSPS) is 11.8. The topological polar surface area (TPSA) is 58.2 Å². The molecule has 0 aliphatic heterocycles. The lowest BCUT2D eigenvalue weighted by Gasteiger charge is -2.17. The summed E-state index contributed by atoms with van der Waals surface area (Å²) in [4.78, 5) is 23.9. The lowest BCUT2D eigenvalue weighted by Crippen LogP contribution is -2.42. The Bertz CT molecular complexity index is 679. The molecular weight excluding hydrogens is 300 g/mol. The number of nitrogens with one attached hydrogen (secondary N) is 2. The van der Waals surface area contributed by atoms with Crippen LogP contribution < -0.4 is 10.6 Å². The van der Waals surface area contributed by atoms with Crippen molar-refractivity contribution in [3.05, 3.63) is 60.2 Å². The molecule has 0 heterocycles. The van der Waals surface area contributed by atoms with Crippen molar-refractivity contribution in [2.45, 2.75) is 26.8 Å². The second-order valence-corrected chi connectivity index (χ2v) is 6.23. The fraction of sp³-hybridized carbons (Fsp3) is 0.300. The Morgan fingerprint density at radius 1 is 0.875 bits per heavy atom. The van der Waals surface area contributed by atoms with Crippen LogP contribution in [0.2, 0.25) is 0 Å². The number of hydrogen-bond donors (Lipinski definition) is 2. The molecule has 0 spiro atoms. The van der Waals surface area contributed by atoms with E-state index in [0.717, 1.165) is 11.1 Å². The molecule has 126 valence electrons. The smallest absolute Gasteiger partial charge is 0.251 e. The molecule has 0 saturated carbocycles. The molecule has 0 radical (unpaired) electrons. The molecule has 1 unspecified atom stereocenters. The van der Waals surface area contributed by atoms with Crippen LogP contribution in [0.3, 0.4) is 0 Å². The average Bonchev–Trinajstić information content (AvgIpc) is 2.60. The van der Waals surface area contributed by atoms with E-state index in [2.05, 4.69) is 10.6 Å². The van der Waals surface area contributed by atoms with Gasteiger partial charge in [0.05, 0.1) is 6.54 Å². The Labute approximate surface area is 143 Å². The van der Waals surface area contributed by atoms with Crippen LogP contribution in [-0.4, -0.2) is 24.4 Å². The molecule has 0 aliphatic rings. The second-order valence-electron chi connectivity index (χ2n) is 6.23. The van der Waals surface area contributed by atoms with E-state index in [-0.39, 0.29) is 24.4 Å². The molecule has 4 heteroatoms. The first-order chi connectivity index (χ1) is 11.5. The van der Waals surface area contributed by atoms with Crippen LogP contribution in [0.4, 0.5) is 0 Å². The number of rotatable bonds is 6. The third-order valence-corrected chi connectivity index (χ3v) is 4.05. The molecule has 1 atom stereocenters. The summed E-state index contributed by atoms with van der Waals surface area (Å²) < 4.78 is 0. The highest BCUT2D eigenvalue weighted by atomic mass is 16.2. The fourth-order valence-corrected chi connectivity index (χ4v) is 2.18. The van der Waals surface area contributed by atoms with E-state index in [0.29, 0.717) is 11.5 Å². The maximum atomic E-state index is 12.1. The Hall–Kier alpha value is -2.62. The van der Waals surface area contributed by atoms with E-state index in [1.165, 1.54) is 0 Å². The highest BCUT2D eigenvalue weighted by Crippen LogP contribution is 2.19. The van der Waals surface area contributed by atoms with Gasteiger partial charge in [-0.1, -0.05) is 56.3 Å². The SMILES string of the molecule is CC(C)C(C)NC(=O)CNC(=O)c1ccc(-c2ccccc2)cc1. The predicted molar refractivity (Wildman–Crippen MR) is 96.7 cm³/mol. The summed E-state index contributed by atoms with van der Waals surface area (Å²) in [7, 11) is 0. The largest absolute Gasteiger partial charge is 0.352 e. The van der Waals surface area contributed by atoms with Crippen molar-refractivity contribution in [2.24, 2.45) is 5.92 Å². The maximum absolute atomic E-state index is 12.1. The lowest BCUT2D eigenvalue weighted by atomic mass is 10.0. The third-order valence-electron chi connectivity index (χ3n) is 4.05. The zero-order valence-corrected chi connectivity index (χ0v) is 14.4. The van der Waals surface area contributed by atoms with E-state index >= 15 is 0 Å². The summed E-state index contributed by atoms with van der Waals surface area (Å²) >= 11 is 0. The van der Waals surface area contributed by atoms with Gasteiger partial charge in [0.15, 0.2) is 0 Å². The van der Waals surface area contributed by atoms with E-state index < -0.39 is 0 Å². The minimum atomic E-state index is -0.248. The van der Waals surface area contributed by atoms with Crippen LogP contribution in [0.1, 0.15) is 31.1 Å². The van der Waals surface area contributed by atoms with Gasteiger partial charge in [-0.05, 0) is 36.1 Å². The number of benzene rings is 2. The van der Waals surface area contributed by atoms with Crippen LogP contribution in [0.5, 0.6) is 0 Å². The zero-order chi connectivity index (χ0) is 17.5. The summed E-state index contributed by atoms with van der Waals surface area (Å²) in [5.74, 6) is -0.0670. The van der Waals surface area contributed by atoms with Crippen molar-refractivity contribution in [3.63, 3.8) is 0 Å². The van der Waals surface area contributed by atoms with Gasteiger partial charge in [0.1, 0.15) is 0 Å². The lowest BCUT2D eigenvalue weighted by molar-refractivity contribution is -0.121. The van der Waals surface area contributed by atoms with Crippen LogP contribution in [0.15, 0.2) is 54.6 Å². The van der Waals surface area contributed by atoms with E-state index in [4.69, 9.17) is 0 Å². The minimum absolute atomic E-state index is 0.0175. The molecule has 2 N–H and O–H groups in total. The minimum Gasteiger partial charge on any atom is -0.352 e.